The van der Waals surface area contributed by atoms with Crippen molar-refractivity contribution in [3.8, 4) is 0 Å². The van der Waals surface area contributed by atoms with E-state index in [0.717, 1.165) is 5.56 Å². The molecule has 1 aromatic rings. The van der Waals surface area contributed by atoms with Gasteiger partial charge in [0.1, 0.15) is 5.82 Å². The summed E-state index contributed by atoms with van der Waals surface area (Å²) in [4.78, 5) is 4.01. The van der Waals surface area contributed by atoms with E-state index in [0.29, 0.717) is 12.5 Å². The highest BCUT2D eigenvalue weighted by atomic mass is 32.2. The third kappa shape index (κ3) is 5.63. The van der Waals surface area contributed by atoms with Crippen molar-refractivity contribution in [2.24, 2.45) is 4.99 Å². The predicted octanol–water partition coefficient (Wildman–Crippen LogP) is 1.70. The lowest BCUT2D eigenvalue weighted by atomic mass is 10.2. The van der Waals surface area contributed by atoms with E-state index in [1.165, 1.54) is 12.1 Å². The number of guanidine groups is 1. The lowest BCUT2D eigenvalue weighted by Crippen LogP contribution is -2.41. The molecule has 0 heterocycles. The van der Waals surface area contributed by atoms with Gasteiger partial charge in [0.25, 0.3) is 0 Å². The van der Waals surface area contributed by atoms with Crippen molar-refractivity contribution >= 4 is 15.8 Å². The fraction of sp³-hybridized carbons (Fsp3) is 0.533. The second-order valence-electron chi connectivity index (χ2n) is 5.91. The molecule has 124 valence electrons. The molecule has 5 nitrogen and oxygen atoms in total. The maximum absolute atomic E-state index is 13.1. The molecule has 0 saturated heterocycles. The average Bonchev–Trinajstić information content (AvgIpc) is 2.41. The van der Waals surface area contributed by atoms with Crippen LogP contribution in [-0.4, -0.2) is 38.5 Å². The number of benzene rings is 1. The SMILES string of the molecule is CN=C(NCCS(=O)(=O)C(C)(C)C)NCc1cccc(F)c1. The van der Waals surface area contributed by atoms with Gasteiger partial charge in [-0.1, -0.05) is 12.1 Å². The van der Waals surface area contributed by atoms with Crippen molar-refractivity contribution in [3.05, 3.63) is 35.6 Å². The quantitative estimate of drug-likeness (QED) is 0.637. The highest BCUT2D eigenvalue weighted by Crippen LogP contribution is 2.15. The number of hydrogen-bond donors (Lipinski definition) is 2. The van der Waals surface area contributed by atoms with Crippen LogP contribution in [0.4, 0.5) is 4.39 Å². The smallest absolute Gasteiger partial charge is 0.191 e. The van der Waals surface area contributed by atoms with Crippen LogP contribution in [0, 0.1) is 5.82 Å². The van der Waals surface area contributed by atoms with E-state index >= 15 is 0 Å². The molecular weight excluding hydrogens is 305 g/mol. The first-order valence-electron chi connectivity index (χ1n) is 7.07. The Morgan fingerprint density at radius 1 is 1.27 bits per heavy atom. The lowest BCUT2D eigenvalue weighted by Gasteiger charge is -2.19. The predicted molar refractivity (Wildman–Crippen MR) is 88.1 cm³/mol. The largest absolute Gasteiger partial charge is 0.355 e. The van der Waals surface area contributed by atoms with Crippen LogP contribution in [0.5, 0.6) is 0 Å². The number of aliphatic imine (C=N–C) groups is 1. The molecule has 7 heteroatoms. The van der Waals surface area contributed by atoms with Crippen LogP contribution >= 0.6 is 0 Å². The summed E-state index contributed by atoms with van der Waals surface area (Å²) in [5.41, 5.74) is 0.783. The maximum Gasteiger partial charge on any atom is 0.191 e. The number of hydrogen-bond acceptors (Lipinski definition) is 3. The fourth-order valence-electron chi connectivity index (χ4n) is 1.66. The summed E-state index contributed by atoms with van der Waals surface area (Å²) in [6, 6.07) is 6.25. The van der Waals surface area contributed by atoms with E-state index in [-0.39, 0.29) is 18.1 Å². The van der Waals surface area contributed by atoms with Crippen molar-refractivity contribution in [3.63, 3.8) is 0 Å². The first-order chi connectivity index (χ1) is 10.2. The molecule has 0 amide bonds. The van der Waals surface area contributed by atoms with E-state index in [4.69, 9.17) is 0 Å². The second kappa shape index (κ2) is 7.58. The van der Waals surface area contributed by atoms with E-state index < -0.39 is 14.6 Å². The number of rotatable bonds is 5. The summed E-state index contributed by atoms with van der Waals surface area (Å²) in [6.45, 7) is 5.71. The summed E-state index contributed by atoms with van der Waals surface area (Å²) in [6.07, 6.45) is 0. The zero-order valence-corrected chi connectivity index (χ0v) is 14.3. The topological polar surface area (TPSA) is 70.6 Å². The van der Waals surface area contributed by atoms with Gasteiger partial charge in [-0.3, -0.25) is 4.99 Å². The van der Waals surface area contributed by atoms with Crippen molar-refractivity contribution in [2.75, 3.05) is 19.3 Å². The molecule has 0 unspecified atom stereocenters. The summed E-state index contributed by atoms with van der Waals surface area (Å²) in [5, 5.41) is 5.96. The molecule has 0 fully saturated rings. The van der Waals surface area contributed by atoms with Gasteiger partial charge in [0.05, 0.1) is 10.5 Å². The summed E-state index contributed by atoms with van der Waals surface area (Å²) in [7, 11) is -1.57. The third-order valence-corrected chi connectivity index (χ3v) is 5.78. The molecule has 0 bridgehead atoms. The minimum absolute atomic E-state index is 0.0250. The van der Waals surface area contributed by atoms with E-state index in [1.54, 1.807) is 40.0 Å². The molecule has 0 aliphatic carbocycles. The first kappa shape index (κ1) is 18.4. The lowest BCUT2D eigenvalue weighted by molar-refractivity contribution is 0.559. The van der Waals surface area contributed by atoms with E-state index in [9.17, 15) is 12.8 Å². The molecule has 0 saturated carbocycles. The van der Waals surface area contributed by atoms with Gasteiger partial charge in [0, 0.05) is 20.1 Å². The molecule has 0 aliphatic heterocycles. The number of sulfone groups is 1. The van der Waals surface area contributed by atoms with Crippen LogP contribution in [0.3, 0.4) is 0 Å². The van der Waals surface area contributed by atoms with Crippen LogP contribution in [0.2, 0.25) is 0 Å². The molecule has 0 aromatic heterocycles. The number of nitrogens with one attached hydrogen (secondary N) is 2. The van der Waals surface area contributed by atoms with Crippen molar-refractivity contribution in [1.82, 2.24) is 10.6 Å². The van der Waals surface area contributed by atoms with Gasteiger partial charge in [-0.2, -0.15) is 0 Å². The second-order valence-corrected chi connectivity index (χ2v) is 8.78. The number of nitrogens with zero attached hydrogens (tertiary/aromatic N) is 1. The fourth-order valence-corrected chi connectivity index (χ4v) is 2.65. The van der Waals surface area contributed by atoms with E-state index in [1.807, 2.05) is 0 Å². The molecule has 0 atom stereocenters. The van der Waals surface area contributed by atoms with Gasteiger partial charge in [0.15, 0.2) is 15.8 Å². The summed E-state index contributed by atoms with van der Waals surface area (Å²) < 4.78 is 36.3. The highest BCUT2D eigenvalue weighted by molar-refractivity contribution is 7.92. The monoisotopic (exact) mass is 329 g/mol. The molecule has 0 radical (unpaired) electrons. The Morgan fingerprint density at radius 2 is 1.95 bits per heavy atom. The van der Waals surface area contributed by atoms with Crippen LogP contribution in [0.1, 0.15) is 26.3 Å². The van der Waals surface area contributed by atoms with Gasteiger partial charge in [-0.25, -0.2) is 12.8 Å². The van der Waals surface area contributed by atoms with Crippen LogP contribution in [0.25, 0.3) is 0 Å². The Bertz CT molecular complexity index is 622. The van der Waals surface area contributed by atoms with Crippen molar-refractivity contribution < 1.29 is 12.8 Å². The molecule has 2 N–H and O–H groups in total. The summed E-state index contributed by atoms with van der Waals surface area (Å²) in [5.74, 6) is 0.212. The zero-order valence-electron chi connectivity index (χ0n) is 13.5. The molecule has 1 aromatic carbocycles. The first-order valence-corrected chi connectivity index (χ1v) is 8.72. The Hall–Kier alpha value is -1.63. The van der Waals surface area contributed by atoms with Crippen LogP contribution < -0.4 is 10.6 Å². The maximum atomic E-state index is 13.1. The van der Waals surface area contributed by atoms with E-state index in [2.05, 4.69) is 15.6 Å². The van der Waals surface area contributed by atoms with Gasteiger partial charge < -0.3 is 10.6 Å². The molecule has 22 heavy (non-hydrogen) atoms. The Kier molecular flexibility index (Phi) is 6.34. The Labute approximate surface area is 132 Å². The van der Waals surface area contributed by atoms with Gasteiger partial charge >= 0.3 is 0 Å². The molecule has 0 spiro atoms. The Balaban J connectivity index is 2.47. The van der Waals surface area contributed by atoms with Crippen molar-refractivity contribution in [2.45, 2.75) is 32.1 Å². The minimum atomic E-state index is -3.17. The van der Waals surface area contributed by atoms with Crippen LogP contribution in [0.15, 0.2) is 29.3 Å². The highest BCUT2D eigenvalue weighted by Gasteiger charge is 2.28. The van der Waals surface area contributed by atoms with Crippen molar-refractivity contribution in [1.29, 1.82) is 0 Å². The average molecular weight is 329 g/mol. The molecule has 0 aliphatic rings. The third-order valence-electron chi connectivity index (χ3n) is 3.17. The van der Waals surface area contributed by atoms with Crippen LogP contribution in [-0.2, 0) is 16.4 Å². The van der Waals surface area contributed by atoms with Gasteiger partial charge in [-0.05, 0) is 38.5 Å². The normalized spacial score (nSPS) is 13.0. The van der Waals surface area contributed by atoms with Gasteiger partial charge in [0.2, 0.25) is 0 Å². The zero-order chi connectivity index (χ0) is 16.8. The Morgan fingerprint density at radius 3 is 2.50 bits per heavy atom. The standard InChI is InChI=1S/C15H24FN3O2S/c1-15(2,3)22(20,21)9-8-18-14(17-4)19-11-12-6-5-7-13(16)10-12/h5-7,10H,8-9,11H2,1-4H3,(H2,17,18,19). The number of halogens is 1. The molecular formula is C15H24FN3O2S. The van der Waals surface area contributed by atoms with Gasteiger partial charge in [-0.15, -0.1) is 0 Å². The minimum Gasteiger partial charge on any atom is -0.355 e. The summed E-state index contributed by atoms with van der Waals surface area (Å²) >= 11 is 0. The molecule has 1 rings (SSSR count).